The zero-order valence-corrected chi connectivity index (χ0v) is 10.8. The van der Waals surface area contributed by atoms with Crippen LogP contribution in [0.15, 0.2) is 12.1 Å². The lowest BCUT2D eigenvalue weighted by molar-refractivity contribution is 0.224. The van der Waals surface area contributed by atoms with Crippen molar-refractivity contribution in [1.82, 2.24) is 5.32 Å². The minimum Gasteiger partial charge on any atom is -0.496 e. The van der Waals surface area contributed by atoms with E-state index < -0.39 is 0 Å². The fourth-order valence-electron chi connectivity index (χ4n) is 3.16. The molecule has 1 aromatic carbocycles. The van der Waals surface area contributed by atoms with Gasteiger partial charge in [-0.05, 0) is 61.4 Å². The summed E-state index contributed by atoms with van der Waals surface area (Å²) in [5.74, 6) is 1.89. The molecule has 1 fully saturated rings. The fourth-order valence-corrected chi connectivity index (χ4v) is 3.16. The Kier molecular flexibility index (Phi) is 2.83. The van der Waals surface area contributed by atoms with E-state index in [1.807, 2.05) is 0 Å². The van der Waals surface area contributed by atoms with Crippen LogP contribution in [0.5, 0.6) is 5.75 Å². The lowest BCUT2D eigenvalue weighted by Crippen LogP contribution is -2.37. The molecule has 0 amide bonds. The van der Waals surface area contributed by atoms with Gasteiger partial charge >= 0.3 is 0 Å². The van der Waals surface area contributed by atoms with E-state index in [0.717, 1.165) is 24.6 Å². The largest absolute Gasteiger partial charge is 0.496 e. The molecule has 1 heterocycles. The van der Waals surface area contributed by atoms with Gasteiger partial charge in [0.05, 0.1) is 7.11 Å². The monoisotopic (exact) mass is 231 g/mol. The van der Waals surface area contributed by atoms with Crippen molar-refractivity contribution in [2.45, 2.75) is 38.6 Å². The summed E-state index contributed by atoms with van der Waals surface area (Å²) in [5.41, 5.74) is 4.28. The van der Waals surface area contributed by atoms with Gasteiger partial charge in [-0.1, -0.05) is 12.5 Å². The molecule has 1 aliphatic carbocycles. The SMILES string of the molecule is COc1cc2c(cc1C)CCNC2C1CCC1. The molecule has 1 unspecified atom stereocenters. The van der Waals surface area contributed by atoms with Gasteiger partial charge in [-0.3, -0.25) is 0 Å². The summed E-state index contributed by atoms with van der Waals surface area (Å²) in [5, 5.41) is 3.69. The van der Waals surface area contributed by atoms with Crippen molar-refractivity contribution in [1.29, 1.82) is 0 Å². The molecule has 0 saturated heterocycles. The number of hydrogen-bond donors (Lipinski definition) is 1. The first-order valence-electron chi connectivity index (χ1n) is 6.70. The number of fused-ring (bicyclic) bond motifs is 1. The van der Waals surface area contributed by atoms with Gasteiger partial charge in [0.1, 0.15) is 5.75 Å². The first kappa shape index (κ1) is 11.1. The van der Waals surface area contributed by atoms with Crippen LogP contribution in [0.4, 0.5) is 0 Å². The third kappa shape index (κ3) is 1.85. The maximum atomic E-state index is 5.46. The molecule has 1 aromatic rings. The minimum atomic E-state index is 0.571. The van der Waals surface area contributed by atoms with Crippen molar-refractivity contribution in [3.05, 3.63) is 28.8 Å². The van der Waals surface area contributed by atoms with Crippen molar-refractivity contribution >= 4 is 0 Å². The van der Waals surface area contributed by atoms with Crippen LogP contribution in [-0.4, -0.2) is 13.7 Å². The molecule has 1 N–H and O–H groups in total. The van der Waals surface area contributed by atoms with Gasteiger partial charge in [0.2, 0.25) is 0 Å². The standard InChI is InChI=1S/C15H21NO/c1-10-8-12-6-7-16-15(11-4-3-5-11)13(12)9-14(10)17-2/h8-9,11,15-16H,3-7H2,1-2H3. The summed E-state index contributed by atoms with van der Waals surface area (Å²) in [6, 6.07) is 5.16. The number of hydrogen-bond acceptors (Lipinski definition) is 2. The summed E-state index contributed by atoms with van der Waals surface area (Å²) in [7, 11) is 1.77. The zero-order chi connectivity index (χ0) is 11.8. The maximum absolute atomic E-state index is 5.46. The lowest BCUT2D eigenvalue weighted by Gasteiger charge is -2.38. The Morgan fingerprint density at radius 3 is 2.76 bits per heavy atom. The molecule has 17 heavy (non-hydrogen) atoms. The second-order valence-electron chi connectivity index (χ2n) is 5.39. The maximum Gasteiger partial charge on any atom is 0.122 e. The van der Waals surface area contributed by atoms with Crippen LogP contribution in [0.2, 0.25) is 0 Å². The fraction of sp³-hybridized carbons (Fsp3) is 0.600. The predicted octanol–water partition coefficient (Wildman–Crippen LogP) is 2.99. The summed E-state index contributed by atoms with van der Waals surface area (Å²) < 4.78 is 5.46. The van der Waals surface area contributed by atoms with Gasteiger partial charge in [0.25, 0.3) is 0 Å². The molecule has 0 spiro atoms. The Morgan fingerprint density at radius 1 is 1.29 bits per heavy atom. The van der Waals surface area contributed by atoms with E-state index in [4.69, 9.17) is 4.74 Å². The highest BCUT2D eigenvalue weighted by molar-refractivity contribution is 5.45. The second-order valence-corrected chi connectivity index (χ2v) is 5.39. The molecule has 3 rings (SSSR count). The highest BCUT2D eigenvalue weighted by Crippen LogP contribution is 2.41. The van der Waals surface area contributed by atoms with Crippen LogP contribution in [0.25, 0.3) is 0 Å². The third-order valence-electron chi connectivity index (χ3n) is 4.37. The van der Waals surface area contributed by atoms with Gasteiger partial charge in [-0.2, -0.15) is 0 Å². The van der Waals surface area contributed by atoms with E-state index in [1.165, 1.54) is 36.0 Å². The number of ether oxygens (including phenoxy) is 1. The second kappa shape index (κ2) is 4.34. The highest BCUT2D eigenvalue weighted by Gasteiger charge is 2.31. The van der Waals surface area contributed by atoms with Crippen LogP contribution < -0.4 is 10.1 Å². The molecule has 1 saturated carbocycles. The Bertz CT molecular complexity index is 423. The van der Waals surface area contributed by atoms with Crippen LogP contribution in [-0.2, 0) is 6.42 Å². The Balaban J connectivity index is 1.99. The summed E-state index contributed by atoms with van der Waals surface area (Å²) in [6.07, 6.45) is 5.32. The van der Waals surface area contributed by atoms with E-state index in [-0.39, 0.29) is 0 Å². The number of aryl methyl sites for hydroxylation is 1. The molecular formula is C15H21NO. The van der Waals surface area contributed by atoms with Gasteiger partial charge in [-0.25, -0.2) is 0 Å². The summed E-state index contributed by atoms with van der Waals surface area (Å²) >= 11 is 0. The predicted molar refractivity (Wildman–Crippen MR) is 69.5 cm³/mol. The van der Waals surface area contributed by atoms with Gasteiger partial charge in [-0.15, -0.1) is 0 Å². The number of nitrogens with one attached hydrogen (secondary N) is 1. The molecule has 0 aromatic heterocycles. The average Bonchev–Trinajstić information content (AvgIpc) is 2.26. The molecule has 2 aliphatic rings. The van der Waals surface area contributed by atoms with Crippen LogP contribution in [0.1, 0.15) is 42.0 Å². The van der Waals surface area contributed by atoms with Gasteiger partial charge in [0, 0.05) is 6.04 Å². The van der Waals surface area contributed by atoms with Crippen molar-refractivity contribution in [3.8, 4) is 5.75 Å². The quantitative estimate of drug-likeness (QED) is 0.845. The van der Waals surface area contributed by atoms with E-state index in [0.29, 0.717) is 6.04 Å². The Labute approximate surface area is 103 Å². The molecular weight excluding hydrogens is 210 g/mol. The molecule has 2 heteroatoms. The van der Waals surface area contributed by atoms with Crippen molar-refractivity contribution in [2.75, 3.05) is 13.7 Å². The first-order valence-corrected chi connectivity index (χ1v) is 6.70. The molecule has 1 atom stereocenters. The van der Waals surface area contributed by atoms with Crippen LogP contribution >= 0.6 is 0 Å². The summed E-state index contributed by atoms with van der Waals surface area (Å²) in [4.78, 5) is 0. The average molecular weight is 231 g/mol. The van der Waals surface area contributed by atoms with Crippen LogP contribution in [0.3, 0.4) is 0 Å². The van der Waals surface area contributed by atoms with Crippen LogP contribution in [0, 0.1) is 12.8 Å². The summed E-state index contributed by atoms with van der Waals surface area (Å²) in [6.45, 7) is 3.26. The lowest BCUT2D eigenvalue weighted by atomic mass is 9.74. The Morgan fingerprint density at radius 2 is 2.12 bits per heavy atom. The van der Waals surface area contributed by atoms with Crippen molar-refractivity contribution in [3.63, 3.8) is 0 Å². The highest BCUT2D eigenvalue weighted by atomic mass is 16.5. The Hall–Kier alpha value is -1.02. The number of benzene rings is 1. The third-order valence-corrected chi connectivity index (χ3v) is 4.37. The number of rotatable bonds is 2. The smallest absolute Gasteiger partial charge is 0.122 e. The normalized spacial score (nSPS) is 24.0. The van der Waals surface area contributed by atoms with Crippen molar-refractivity contribution in [2.24, 2.45) is 5.92 Å². The molecule has 0 bridgehead atoms. The van der Waals surface area contributed by atoms with Gasteiger partial charge < -0.3 is 10.1 Å². The number of methoxy groups -OCH3 is 1. The van der Waals surface area contributed by atoms with E-state index in [2.05, 4.69) is 24.4 Å². The van der Waals surface area contributed by atoms with E-state index in [1.54, 1.807) is 7.11 Å². The minimum absolute atomic E-state index is 0.571. The molecule has 1 aliphatic heterocycles. The van der Waals surface area contributed by atoms with E-state index >= 15 is 0 Å². The first-order chi connectivity index (χ1) is 8.29. The molecule has 0 radical (unpaired) electrons. The van der Waals surface area contributed by atoms with E-state index in [9.17, 15) is 0 Å². The molecule has 92 valence electrons. The van der Waals surface area contributed by atoms with Gasteiger partial charge in [0.15, 0.2) is 0 Å². The zero-order valence-electron chi connectivity index (χ0n) is 10.8. The topological polar surface area (TPSA) is 21.3 Å². The molecule has 2 nitrogen and oxygen atoms in total. The van der Waals surface area contributed by atoms with Crippen molar-refractivity contribution < 1.29 is 4.74 Å².